The van der Waals surface area contributed by atoms with E-state index in [1.165, 1.54) is 0 Å². The molecule has 2 heterocycles. The SMILES string of the molecule is Nc1cccc(-n2ccc(C(=O)N3CCCC(O)C3)n2)c1. The lowest BCUT2D eigenvalue weighted by Gasteiger charge is -2.29. The summed E-state index contributed by atoms with van der Waals surface area (Å²) < 4.78 is 1.63. The molecular weight excluding hydrogens is 268 g/mol. The van der Waals surface area contributed by atoms with Crippen molar-refractivity contribution in [1.29, 1.82) is 0 Å². The number of amides is 1. The molecule has 6 nitrogen and oxygen atoms in total. The van der Waals surface area contributed by atoms with Gasteiger partial charge in [0.05, 0.1) is 11.8 Å². The summed E-state index contributed by atoms with van der Waals surface area (Å²) in [7, 11) is 0. The van der Waals surface area contributed by atoms with E-state index in [4.69, 9.17) is 5.73 Å². The maximum absolute atomic E-state index is 12.4. The van der Waals surface area contributed by atoms with Gasteiger partial charge in [0.15, 0.2) is 5.69 Å². The number of hydrogen-bond acceptors (Lipinski definition) is 4. The fourth-order valence-corrected chi connectivity index (χ4v) is 2.55. The highest BCUT2D eigenvalue weighted by Crippen LogP contribution is 2.15. The second-order valence-electron chi connectivity index (χ2n) is 5.29. The average Bonchev–Trinajstić information content (AvgIpc) is 2.96. The van der Waals surface area contributed by atoms with Crippen LogP contribution in [0.4, 0.5) is 5.69 Å². The Bertz CT molecular complexity index is 653. The van der Waals surface area contributed by atoms with Crippen LogP contribution in [0.15, 0.2) is 36.5 Å². The smallest absolute Gasteiger partial charge is 0.274 e. The molecule has 0 spiro atoms. The molecule has 1 atom stereocenters. The highest BCUT2D eigenvalue weighted by molar-refractivity contribution is 5.92. The molecule has 0 bridgehead atoms. The van der Waals surface area contributed by atoms with E-state index in [1.807, 2.05) is 12.1 Å². The molecule has 110 valence electrons. The van der Waals surface area contributed by atoms with Gasteiger partial charge in [-0.2, -0.15) is 5.10 Å². The summed E-state index contributed by atoms with van der Waals surface area (Å²) >= 11 is 0. The highest BCUT2D eigenvalue weighted by atomic mass is 16.3. The van der Waals surface area contributed by atoms with E-state index < -0.39 is 6.10 Å². The third-order valence-corrected chi connectivity index (χ3v) is 3.63. The van der Waals surface area contributed by atoms with Crippen molar-refractivity contribution in [2.75, 3.05) is 18.8 Å². The molecule has 1 aliphatic rings. The van der Waals surface area contributed by atoms with Crippen LogP contribution in [-0.2, 0) is 0 Å². The number of β-amino-alcohol motifs (C(OH)–C–C–N with tert-alkyl or cyclic N) is 1. The van der Waals surface area contributed by atoms with Gasteiger partial charge in [-0.25, -0.2) is 4.68 Å². The molecule has 1 saturated heterocycles. The van der Waals surface area contributed by atoms with Crippen LogP contribution in [0, 0.1) is 0 Å². The zero-order valence-corrected chi connectivity index (χ0v) is 11.6. The van der Waals surface area contributed by atoms with Crippen molar-refractivity contribution < 1.29 is 9.90 Å². The number of piperidine rings is 1. The summed E-state index contributed by atoms with van der Waals surface area (Å²) in [6.45, 7) is 1.05. The number of likely N-dealkylation sites (tertiary alicyclic amines) is 1. The number of nitrogen functional groups attached to an aromatic ring is 1. The van der Waals surface area contributed by atoms with Gasteiger partial charge in [0.25, 0.3) is 5.91 Å². The molecule has 1 aromatic carbocycles. The van der Waals surface area contributed by atoms with Crippen molar-refractivity contribution in [3.63, 3.8) is 0 Å². The van der Waals surface area contributed by atoms with Crippen LogP contribution in [0.3, 0.4) is 0 Å². The third-order valence-electron chi connectivity index (χ3n) is 3.63. The minimum absolute atomic E-state index is 0.142. The lowest BCUT2D eigenvalue weighted by molar-refractivity contribution is 0.0468. The van der Waals surface area contributed by atoms with Gasteiger partial charge in [-0.05, 0) is 37.1 Å². The monoisotopic (exact) mass is 286 g/mol. The van der Waals surface area contributed by atoms with E-state index >= 15 is 0 Å². The molecule has 1 aromatic heterocycles. The highest BCUT2D eigenvalue weighted by Gasteiger charge is 2.24. The number of carbonyl (C=O) groups excluding carboxylic acids is 1. The van der Waals surface area contributed by atoms with Crippen molar-refractivity contribution >= 4 is 11.6 Å². The molecule has 1 unspecified atom stereocenters. The summed E-state index contributed by atoms with van der Waals surface area (Å²) in [6, 6.07) is 9.00. The summed E-state index contributed by atoms with van der Waals surface area (Å²) in [6.07, 6.45) is 2.88. The van der Waals surface area contributed by atoms with E-state index in [2.05, 4.69) is 5.10 Å². The summed E-state index contributed by atoms with van der Waals surface area (Å²) in [5.74, 6) is -0.142. The third kappa shape index (κ3) is 2.90. The van der Waals surface area contributed by atoms with Crippen molar-refractivity contribution in [2.45, 2.75) is 18.9 Å². The van der Waals surface area contributed by atoms with Crippen molar-refractivity contribution in [1.82, 2.24) is 14.7 Å². The first-order valence-corrected chi connectivity index (χ1v) is 7.02. The van der Waals surface area contributed by atoms with Gasteiger partial charge in [0, 0.05) is 25.0 Å². The second kappa shape index (κ2) is 5.57. The molecule has 0 saturated carbocycles. The largest absolute Gasteiger partial charge is 0.399 e. The molecule has 2 aromatic rings. The van der Waals surface area contributed by atoms with Gasteiger partial charge in [-0.3, -0.25) is 4.79 Å². The molecule has 0 radical (unpaired) electrons. The average molecular weight is 286 g/mol. The molecule has 0 aliphatic carbocycles. The van der Waals surface area contributed by atoms with Gasteiger partial charge in [0.2, 0.25) is 0 Å². The lowest BCUT2D eigenvalue weighted by atomic mass is 10.1. The Labute approximate surface area is 122 Å². The predicted molar refractivity (Wildman–Crippen MR) is 79.1 cm³/mol. The molecular formula is C15H18N4O2. The van der Waals surface area contributed by atoms with Gasteiger partial charge >= 0.3 is 0 Å². The zero-order chi connectivity index (χ0) is 14.8. The van der Waals surface area contributed by atoms with Crippen LogP contribution in [0.1, 0.15) is 23.3 Å². The van der Waals surface area contributed by atoms with Gasteiger partial charge in [-0.15, -0.1) is 0 Å². The van der Waals surface area contributed by atoms with Gasteiger partial charge in [0.1, 0.15) is 0 Å². The number of carbonyl (C=O) groups is 1. The summed E-state index contributed by atoms with van der Waals surface area (Å²) in [5, 5.41) is 14.0. The van der Waals surface area contributed by atoms with Crippen LogP contribution in [0.2, 0.25) is 0 Å². The molecule has 1 fully saturated rings. The number of aliphatic hydroxyl groups excluding tert-OH is 1. The van der Waals surface area contributed by atoms with Crippen molar-refractivity contribution in [3.05, 3.63) is 42.2 Å². The second-order valence-corrected chi connectivity index (χ2v) is 5.29. The number of aliphatic hydroxyl groups is 1. The first-order valence-electron chi connectivity index (χ1n) is 7.02. The van der Waals surface area contributed by atoms with E-state index in [-0.39, 0.29) is 5.91 Å². The Morgan fingerprint density at radius 2 is 2.24 bits per heavy atom. The molecule has 3 N–H and O–H groups in total. The van der Waals surface area contributed by atoms with Gasteiger partial charge < -0.3 is 15.7 Å². The predicted octanol–water partition coefficient (Wildman–Crippen LogP) is 1.05. The zero-order valence-electron chi connectivity index (χ0n) is 11.6. The minimum Gasteiger partial charge on any atom is -0.399 e. The number of nitrogens with two attached hydrogens (primary N) is 1. The first-order chi connectivity index (χ1) is 10.1. The number of aromatic nitrogens is 2. The molecule has 21 heavy (non-hydrogen) atoms. The standard InChI is InChI=1S/C15H18N4O2/c16-11-3-1-4-12(9-11)19-8-6-14(17-19)15(21)18-7-2-5-13(20)10-18/h1,3-4,6,8-9,13,20H,2,5,7,10,16H2. The van der Waals surface area contributed by atoms with E-state index in [0.29, 0.717) is 24.5 Å². The Morgan fingerprint density at radius 3 is 3.00 bits per heavy atom. The lowest BCUT2D eigenvalue weighted by Crippen LogP contribution is -2.42. The topological polar surface area (TPSA) is 84.4 Å². The van der Waals surface area contributed by atoms with Gasteiger partial charge in [-0.1, -0.05) is 6.07 Å². The van der Waals surface area contributed by atoms with E-state index in [1.54, 1.807) is 34.0 Å². The first kappa shape index (κ1) is 13.6. The maximum Gasteiger partial charge on any atom is 0.274 e. The fourth-order valence-electron chi connectivity index (χ4n) is 2.55. The normalized spacial score (nSPS) is 18.7. The fraction of sp³-hybridized carbons (Fsp3) is 0.333. The number of anilines is 1. The Morgan fingerprint density at radius 1 is 1.38 bits per heavy atom. The van der Waals surface area contributed by atoms with Crippen LogP contribution in [-0.4, -0.2) is 44.9 Å². The van der Waals surface area contributed by atoms with E-state index in [9.17, 15) is 9.90 Å². The summed E-state index contributed by atoms with van der Waals surface area (Å²) in [5.41, 5.74) is 7.59. The van der Waals surface area contributed by atoms with Crippen LogP contribution < -0.4 is 5.73 Å². The number of hydrogen-bond donors (Lipinski definition) is 2. The van der Waals surface area contributed by atoms with Crippen LogP contribution in [0.25, 0.3) is 5.69 Å². The summed E-state index contributed by atoms with van der Waals surface area (Å²) in [4.78, 5) is 14.0. The Balaban J connectivity index is 1.80. The molecule has 1 amide bonds. The minimum atomic E-state index is -0.432. The van der Waals surface area contributed by atoms with Crippen LogP contribution in [0.5, 0.6) is 0 Å². The van der Waals surface area contributed by atoms with Crippen molar-refractivity contribution in [3.8, 4) is 5.69 Å². The number of nitrogens with zero attached hydrogens (tertiary/aromatic N) is 3. The van der Waals surface area contributed by atoms with Crippen molar-refractivity contribution in [2.24, 2.45) is 0 Å². The Kier molecular flexibility index (Phi) is 3.62. The van der Waals surface area contributed by atoms with Crippen LogP contribution >= 0.6 is 0 Å². The number of rotatable bonds is 2. The molecule has 1 aliphatic heterocycles. The molecule has 3 rings (SSSR count). The molecule has 6 heteroatoms. The quantitative estimate of drug-likeness (QED) is 0.808. The maximum atomic E-state index is 12.4. The number of benzene rings is 1. The van der Waals surface area contributed by atoms with E-state index in [0.717, 1.165) is 18.5 Å². The Hall–Kier alpha value is -2.34.